The zero-order chi connectivity index (χ0) is 16.9. The standard InChI is InChI=1S/C15H22N2O5/c1-3-8(2)13(16)14(20)17-10(15(21)22)6-9-4-5-11(18)12(19)7-9/h4-5,7-8,10,13,18-19H,3,6,16H2,1-2H3,(H,17,20)(H,21,22)/t8?,10-,13-/m0/s1. The average Bonchev–Trinajstić information content (AvgIpc) is 2.48. The summed E-state index contributed by atoms with van der Waals surface area (Å²) in [7, 11) is 0. The molecular formula is C15H22N2O5. The largest absolute Gasteiger partial charge is 0.504 e. The topological polar surface area (TPSA) is 133 Å². The molecule has 0 bridgehead atoms. The molecule has 1 aromatic carbocycles. The molecule has 0 aliphatic rings. The van der Waals surface area contributed by atoms with Gasteiger partial charge in [-0.2, -0.15) is 0 Å². The summed E-state index contributed by atoms with van der Waals surface area (Å²) in [5.41, 5.74) is 6.25. The summed E-state index contributed by atoms with van der Waals surface area (Å²) >= 11 is 0. The summed E-state index contributed by atoms with van der Waals surface area (Å²) in [4.78, 5) is 23.3. The van der Waals surface area contributed by atoms with Crippen molar-refractivity contribution in [1.29, 1.82) is 0 Å². The fourth-order valence-electron chi connectivity index (χ4n) is 1.91. The van der Waals surface area contributed by atoms with Gasteiger partial charge in [-0.05, 0) is 23.6 Å². The number of carboxylic acids is 1. The number of aliphatic carboxylic acids is 1. The van der Waals surface area contributed by atoms with Crippen LogP contribution in [0.2, 0.25) is 0 Å². The maximum atomic E-state index is 12.0. The zero-order valence-corrected chi connectivity index (χ0v) is 12.6. The summed E-state index contributed by atoms with van der Waals surface area (Å²) in [6, 6.07) is 2.06. The van der Waals surface area contributed by atoms with Gasteiger partial charge in [0.05, 0.1) is 6.04 Å². The van der Waals surface area contributed by atoms with Crippen LogP contribution in [0, 0.1) is 5.92 Å². The molecule has 0 heterocycles. The minimum atomic E-state index is -1.20. The highest BCUT2D eigenvalue weighted by molar-refractivity contribution is 5.87. The lowest BCUT2D eigenvalue weighted by Crippen LogP contribution is -2.51. The average molecular weight is 310 g/mol. The molecule has 1 rings (SSSR count). The van der Waals surface area contributed by atoms with Crippen molar-refractivity contribution in [2.75, 3.05) is 0 Å². The molecule has 0 aliphatic carbocycles. The van der Waals surface area contributed by atoms with Crippen molar-refractivity contribution in [2.45, 2.75) is 38.8 Å². The van der Waals surface area contributed by atoms with E-state index in [1.54, 1.807) is 0 Å². The van der Waals surface area contributed by atoms with E-state index >= 15 is 0 Å². The Kier molecular flexibility index (Phi) is 6.18. The highest BCUT2D eigenvalue weighted by Gasteiger charge is 2.26. The molecule has 1 unspecified atom stereocenters. The second-order valence-electron chi connectivity index (χ2n) is 5.34. The summed E-state index contributed by atoms with van der Waals surface area (Å²) in [6.45, 7) is 3.71. The molecule has 3 atom stereocenters. The number of benzene rings is 1. The van der Waals surface area contributed by atoms with Crippen molar-refractivity contribution < 1.29 is 24.9 Å². The van der Waals surface area contributed by atoms with E-state index in [9.17, 15) is 24.9 Å². The van der Waals surface area contributed by atoms with Gasteiger partial charge in [-0.25, -0.2) is 4.79 Å². The lowest BCUT2D eigenvalue weighted by Gasteiger charge is -2.21. The van der Waals surface area contributed by atoms with Gasteiger partial charge in [0.2, 0.25) is 5.91 Å². The van der Waals surface area contributed by atoms with Crippen molar-refractivity contribution in [3.05, 3.63) is 23.8 Å². The highest BCUT2D eigenvalue weighted by Crippen LogP contribution is 2.25. The summed E-state index contributed by atoms with van der Waals surface area (Å²) in [6.07, 6.45) is 0.681. The molecule has 0 saturated heterocycles. The van der Waals surface area contributed by atoms with Crippen LogP contribution in [0.1, 0.15) is 25.8 Å². The summed E-state index contributed by atoms with van der Waals surface area (Å²) < 4.78 is 0. The van der Waals surface area contributed by atoms with E-state index < -0.39 is 24.0 Å². The second kappa shape index (κ2) is 7.65. The van der Waals surface area contributed by atoms with Crippen molar-refractivity contribution >= 4 is 11.9 Å². The fourth-order valence-corrected chi connectivity index (χ4v) is 1.91. The van der Waals surface area contributed by atoms with E-state index in [0.29, 0.717) is 12.0 Å². The third-order valence-electron chi connectivity index (χ3n) is 3.65. The summed E-state index contributed by atoms with van der Waals surface area (Å²) in [5.74, 6) is -2.42. The lowest BCUT2D eigenvalue weighted by atomic mass is 9.98. The lowest BCUT2D eigenvalue weighted by molar-refractivity contribution is -0.142. The van der Waals surface area contributed by atoms with Gasteiger partial charge in [-0.15, -0.1) is 0 Å². The van der Waals surface area contributed by atoms with Crippen LogP contribution in [0.15, 0.2) is 18.2 Å². The Morgan fingerprint density at radius 1 is 1.27 bits per heavy atom. The van der Waals surface area contributed by atoms with E-state index in [2.05, 4.69) is 5.32 Å². The predicted molar refractivity (Wildman–Crippen MR) is 80.5 cm³/mol. The first-order valence-corrected chi connectivity index (χ1v) is 7.05. The Balaban J connectivity index is 2.79. The van der Waals surface area contributed by atoms with Gasteiger partial charge in [-0.1, -0.05) is 26.3 Å². The van der Waals surface area contributed by atoms with Gasteiger partial charge in [-0.3, -0.25) is 4.79 Å². The molecule has 122 valence electrons. The molecule has 7 heteroatoms. The van der Waals surface area contributed by atoms with Gasteiger partial charge in [0.1, 0.15) is 6.04 Å². The smallest absolute Gasteiger partial charge is 0.326 e. The van der Waals surface area contributed by atoms with Crippen molar-refractivity contribution in [1.82, 2.24) is 5.32 Å². The maximum absolute atomic E-state index is 12.0. The number of hydrogen-bond donors (Lipinski definition) is 5. The van der Waals surface area contributed by atoms with Crippen LogP contribution in [0.25, 0.3) is 0 Å². The quantitative estimate of drug-likeness (QED) is 0.468. The number of carbonyl (C=O) groups excluding carboxylic acids is 1. The van der Waals surface area contributed by atoms with Crippen molar-refractivity contribution in [2.24, 2.45) is 11.7 Å². The predicted octanol–water partition coefficient (Wildman–Crippen LogP) is 0.583. The number of aromatic hydroxyl groups is 2. The Morgan fingerprint density at radius 3 is 2.41 bits per heavy atom. The minimum Gasteiger partial charge on any atom is -0.504 e. The van der Waals surface area contributed by atoms with E-state index in [1.807, 2.05) is 13.8 Å². The first kappa shape index (κ1) is 17.8. The number of rotatable bonds is 7. The number of phenolic OH excluding ortho intramolecular Hbond substituents is 2. The molecule has 0 fully saturated rings. The molecule has 0 aromatic heterocycles. The van der Waals surface area contributed by atoms with Gasteiger partial charge >= 0.3 is 5.97 Å². The van der Waals surface area contributed by atoms with Gasteiger partial charge < -0.3 is 26.4 Å². The molecule has 1 aromatic rings. The van der Waals surface area contributed by atoms with E-state index in [-0.39, 0.29) is 23.8 Å². The number of carbonyl (C=O) groups is 2. The van der Waals surface area contributed by atoms with Crippen LogP contribution in [0.5, 0.6) is 11.5 Å². The molecule has 0 aliphatic heterocycles. The van der Waals surface area contributed by atoms with Gasteiger partial charge in [0, 0.05) is 6.42 Å². The molecule has 0 spiro atoms. The van der Waals surface area contributed by atoms with E-state index in [4.69, 9.17) is 5.73 Å². The second-order valence-corrected chi connectivity index (χ2v) is 5.34. The molecule has 0 radical (unpaired) electrons. The van der Waals surface area contributed by atoms with Crippen molar-refractivity contribution in [3.63, 3.8) is 0 Å². The Bertz CT molecular complexity index is 547. The maximum Gasteiger partial charge on any atom is 0.326 e. The third kappa shape index (κ3) is 4.63. The number of nitrogens with two attached hydrogens (primary N) is 1. The highest BCUT2D eigenvalue weighted by atomic mass is 16.4. The molecule has 7 nitrogen and oxygen atoms in total. The summed E-state index contributed by atoms with van der Waals surface area (Å²) in [5, 5.41) is 30.3. The van der Waals surface area contributed by atoms with Crippen molar-refractivity contribution in [3.8, 4) is 11.5 Å². The minimum absolute atomic E-state index is 0.0257. The Morgan fingerprint density at radius 2 is 1.91 bits per heavy atom. The molecule has 0 saturated carbocycles. The molecule has 6 N–H and O–H groups in total. The Hall–Kier alpha value is -2.28. The molecule has 1 amide bonds. The normalized spacial score (nSPS) is 14.9. The number of carboxylic acid groups (broad SMARTS) is 1. The monoisotopic (exact) mass is 310 g/mol. The number of amides is 1. The Labute approximate surface area is 128 Å². The van der Waals surface area contributed by atoms with Gasteiger partial charge in [0.25, 0.3) is 0 Å². The first-order chi connectivity index (χ1) is 10.3. The van der Waals surface area contributed by atoms with Crippen LogP contribution in [-0.4, -0.2) is 39.3 Å². The SMILES string of the molecule is CCC(C)[C@H](N)C(=O)N[C@@H](Cc1ccc(O)c(O)c1)C(=O)O. The number of nitrogens with one attached hydrogen (secondary N) is 1. The zero-order valence-electron chi connectivity index (χ0n) is 12.6. The van der Waals surface area contributed by atoms with Crippen LogP contribution >= 0.6 is 0 Å². The van der Waals surface area contributed by atoms with Crippen LogP contribution < -0.4 is 11.1 Å². The van der Waals surface area contributed by atoms with Gasteiger partial charge in [0.15, 0.2) is 11.5 Å². The third-order valence-corrected chi connectivity index (χ3v) is 3.65. The number of hydrogen-bond acceptors (Lipinski definition) is 5. The van der Waals surface area contributed by atoms with E-state index in [0.717, 1.165) is 0 Å². The molecular weight excluding hydrogens is 288 g/mol. The fraction of sp³-hybridized carbons (Fsp3) is 0.467. The first-order valence-electron chi connectivity index (χ1n) is 7.05. The number of phenols is 2. The van der Waals surface area contributed by atoms with Crippen LogP contribution in [0.3, 0.4) is 0 Å². The van der Waals surface area contributed by atoms with E-state index in [1.165, 1.54) is 18.2 Å². The van der Waals surface area contributed by atoms with Crippen LogP contribution in [0.4, 0.5) is 0 Å². The molecule has 22 heavy (non-hydrogen) atoms. The van der Waals surface area contributed by atoms with Crippen LogP contribution in [-0.2, 0) is 16.0 Å².